The van der Waals surface area contributed by atoms with E-state index in [0.717, 1.165) is 28.8 Å². The van der Waals surface area contributed by atoms with Crippen LogP contribution in [0.1, 0.15) is 30.0 Å². The maximum absolute atomic E-state index is 12.6. The Kier molecular flexibility index (Phi) is 8.01. The highest BCUT2D eigenvalue weighted by Crippen LogP contribution is 2.19. The van der Waals surface area contributed by atoms with E-state index >= 15 is 0 Å². The maximum Gasteiger partial charge on any atom is 0.253 e. The van der Waals surface area contributed by atoms with Gasteiger partial charge >= 0.3 is 0 Å². The molecule has 5 heteroatoms. The fourth-order valence-corrected chi connectivity index (χ4v) is 2.82. The number of nitrogens with one attached hydrogen (secondary N) is 1. The molecule has 0 unspecified atom stereocenters. The van der Waals surface area contributed by atoms with Crippen LogP contribution in [0.3, 0.4) is 0 Å². The van der Waals surface area contributed by atoms with Crippen LogP contribution in [0.15, 0.2) is 48.5 Å². The Hall–Kier alpha value is -2.66. The standard InChI is InChI=1S/C22H28N2O3/c1-4-12-23-21(25)14-18-8-10-20(11-9-18)24(22(26)16-27-3)15-19-7-5-6-17(2)13-19/h5-11,13H,4,12,14-16H2,1-3H3,(H,23,25). The van der Waals surface area contributed by atoms with Crippen LogP contribution in [0.4, 0.5) is 5.69 Å². The van der Waals surface area contributed by atoms with Crippen molar-refractivity contribution in [3.05, 3.63) is 65.2 Å². The maximum atomic E-state index is 12.6. The minimum atomic E-state index is -0.104. The van der Waals surface area contributed by atoms with Crippen LogP contribution in [-0.2, 0) is 27.3 Å². The zero-order valence-corrected chi connectivity index (χ0v) is 16.3. The van der Waals surface area contributed by atoms with Crippen molar-refractivity contribution in [2.45, 2.75) is 33.2 Å². The first kappa shape index (κ1) is 20.6. The highest BCUT2D eigenvalue weighted by atomic mass is 16.5. The summed E-state index contributed by atoms with van der Waals surface area (Å²) in [4.78, 5) is 26.1. The number of methoxy groups -OCH3 is 1. The lowest BCUT2D eigenvalue weighted by molar-refractivity contribution is -0.122. The van der Waals surface area contributed by atoms with Gasteiger partial charge in [-0.2, -0.15) is 0 Å². The van der Waals surface area contributed by atoms with Crippen molar-refractivity contribution in [1.82, 2.24) is 5.32 Å². The van der Waals surface area contributed by atoms with Gasteiger partial charge in [-0.25, -0.2) is 0 Å². The molecule has 0 aliphatic carbocycles. The van der Waals surface area contributed by atoms with Crippen molar-refractivity contribution < 1.29 is 14.3 Å². The zero-order valence-electron chi connectivity index (χ0n) is 16.3. The van der Waals surface area contributed by atoms with Crippen molar-refractivity contribution in [2.75, 3.05) is 25.2 Å². The first-order valence-corrected chi connectivity index (χ1v) is 9.24. The molecule has 2 rings (SSSR count). The number of benzene rings is 2. The van der Waals surface area contributed by atoms with E-state index < -0.39 is 0 Å². The highest BCUT2D eigenvalue weighted by Gasteiger charge is 2.16. The third kappa shape index (κ3) is 6.53. The number of ether oxygens (including phenoxy) is 1. The number of carbonyl (C=O) groups is 2. The quantitative estimate of drug-likeness (QED) is 0.739. The Morgan fingerprint density at radius 2 is 1.81 bits per heavy atom. The van der Waals surface area contributed by atoms with Gasteiger partial charge in [0.2, 0.25) is 5.91 Å². The summed E-state index contributed by atoms with van der Waals surface area (Å²) in [6, 6.07) is 15.6. The van der Waals surface area contributed by atoms with E-state index in [2.05, 4.69) is 11.4 Å². The molecule has 0 fully saturated rings. The molecule has 0 spiro atoms. The number of hydrogen-bond acceptors (Lipinski definition) is 3. The Morgan fingerprint density at radius 3 is 2.44 bits per heavy atom. The Bertz CT molecular complexity index is 756. The average molecular weight is 368 g/mol. The van der Waals surface area contributed by atoms with E-state index in [1.54, 1.807) is 4.90 Å². The fraction of sp³-hybridized carbons (Fsp3) is 0.364. The van der Waals surface area contributed by atoms with Gasteiger partial charge in [0.05, 0.1) is 13.0 Å². The second-order valence-corrected chi connectivity index (χ2v) is 6.60. The van der Waals surface area contributed by atoms with Gasteiger partial charge < -0.3 is 15.0 Å². The Labute approximate surface area is 161 Å². The van der Waals surface area contributed by atoms with E-state index in [1.807, 2.05) is 56.3 Å². The molecule has 0 radical (unpaired) electrons. The summed E-state index contributed by atoms with van der Waals surface area (Å²) in [7, 11) is 1.51. The van der Waals surface area contributed by atoms with E-state index in [0.29, 0.717) is 19.5 Å². The normalized spacial score (nSPS) is 10.5. The van der Waals surface area contributed by atoms with Crippen molar-refractivity contribution in [1.29, 1.82) is 0 Å². The predicted octanol–water partition coefficient (Wildman–Crippen LogP) is 3.24. The third-order valence-corrected chi connectivity index (χ3v) is 4.18. The molecular formula is C22H28N2O3. The van der Waals surface area contributed by atoms with Crippen molar-refractivity contribution in [2.24, 2.45) is 0 Å². The number of carbonyl (C=O) groups excluding carboxylic acids is 2. The lowest BCUT2D eigenvalue weighted by Gasteiger charge is -2.23. The van der Waals surface area contributed by atoms with Gasteiger partial charge in [0.1, 0.15) is 6.61 Å². The van der Waals surface area contributed by atoms with E-state index in [4.69, 9.17) is 4.74 Å². The van der Waals surface area contributed by atoms with Gasteiger partial charge in [-0.1, -0.05) is 48.9 Å². The van der Waals surface area contributed by atoms with Crippen LogP contribution in [0.5, 0.6) is 0 Å². The summed E-state index contributed by atoms with van der Waals surface area (Å²) in [5, 5.41) is 2.87. The van der Waals surface area contributed by atoms with Crippen LogP contribution >= 0.6 is 0 Å². The zero-order chi connectivity index (χ0) is 19.6. The summed E-state index contributed by atoms with van der Waals surface area (Å²) in [5.41, 5.74) is 3.92. The summed E-state index contributed by atoms with van der Waals surface area (Å²) < 4.78 is 5.04. The molecule has 2 aromatic rings. The van der Waals surface area contributed by atoms with E-state index in [1.165, 1.54) is 7.11 Å². The van der Waals surface area contributed by atoms with Gasteiger partial charge in [0, 0.05) is 19.3 Å². The number of nitrogens with zero attached hydrogens (tertiary/aromatic N) is 1. The molecule has 0 atom stereocenters. The topological polar surface area (TPSA) is 58.6 Å². The SMILES string of the molecule is CCCNC(=O)Cc1ccc(N(Cc2cccc(C)c2)C(=O)COC)cc1. The molecular weight excluding hydrogens is 340 g/mol. The number of amides is 2. The molecule has 1 N–H and O–H groups in total. The first-order valence-electron chi connectivity index (χ1n) is 9.24. The average Bonchev–Trinajstić information content (AvgIpc) is 2.65. The van der Waals surface area contributed by atoms with E-state index in [9.17, 15) is 9.59 Å². The molecule has 0 aliphatic rings. The highest BCUT2D eigenvalue weighted by molar-refractivity contribution is 5.94. The predicted molar refractivity (Wildman–Crippen MR) is 108 cm³/mol. The molecule has 0 aromatic heterocycles. The summed E-state index contributed by atoms with van der Waals surface area (Å²) in [6.45, 7) is 5.23. The molecule has 0 heterocycles. The van der Waals surface area contributed by atoms with Gasteiger partial charge in [-0.3, -0.25) is 9.59 Å². The molecule has 2 amide bonds. The number of rotatable bonds is 9. The molecule has 5 nitrogen and oxygen atoms in total. The van der Waals surface area contributed by atoms with Crippen LogP contribution < -0.4 is 10.2 Å². The van der Waals surface area contributed by atoms with Crippen molar-refractivity contribution >= 4 is 17.5 Å². The fourth-order valence-electron chi connectivity index (χ4n) is 2.82. The molecule has 0 saturated carbocycles. The molecule has 144 valence electrons. The molecule has 2 aromatic carbocycles. The van der Waals surface area contributed by atoms with Gasteiger partial charge in [0.25, 0.3) is 5.91 Å². The summed E-state index contributed by atoms with van der Waals surface area (Å²) in [6.07, 6.45) is 1.25. The minimum absolute atomic E-state index is 0.0108. The Morgan fingerprint density at radius 1 is 1.07 bits per heavy atom. The molecule has 0 aliphatic heterocycles. The summed E-state index contributed by atoms with van der Waals surface area (Å²) in [5.74, 6) is -0.0934. The first-order chi connectivity index (χ1) is 13.0. The lowest BCUT2D eigenvalue weighted by atomic mass is 10.1. The Balaban J connectivity index is 2.15. The van der Waals surface area contributed by atoms with Gasteiger partial charge in [-0.05, 0) is 36.6 Å². The van der Waals surface area contributed by atoms with Crippen LogP contribution in [0, 0.1) is 6.92 Å². The van der Waals surface area contributed by atoms with Crippen LogP contribution in [-0.4, -0.2) is 32.1 Å². The number of hydrogen-bond donors (Lipinski definition) is 1. The number of aryl methyl sites for hydroxylation is 1. The smallest absolute Gasteiger partial charge is 0.253 e. The van der Waals surface area contributed by atoms with Crippen LogP contribution in [0.25, 0.3) is 0 Å². The third-order valence-electron chi connectivity index (χ3n) is 4.18. The minimum Gasteiger partial charge on any atom is -0.375 e. The van der Waals surface area contributed by atoms with E-state index in [-0.39, 0.29) is 18.4 Å². The second kappa shape index (κ2) is 10.5. The number of anilines is 1. The summed E-state index contributed by atoms with van der Waals surface area (Å²) >= 11 is 0. The second-order valence-electron chi connectivity index (χ2n) is 6.60. The van der Waals surface area contributed by atoms with Gasteiger partial charge in [-0.15, -0.1) is 0 Å². The van der Waals surface area contributed by atoms with Gasteiger partial charge in [0.15, 0.2) is 0 Å². The van der Waals surface area contributed by atoms with Crippen molar-refractivity contribution in [3.63, 3.8) is 0 Å². The largest absolute Gasteiger partial charge is 0.375 e. The molecule has 27 heavy (non-hydrogen) atoms. The van der Waals surface area contributed by atoms with Crippen molar-refractivity contribution in [3.8, 4) is 0 Å². The lowest BCUT2D eigenvalue weighted by Crippen LogP contribution is -2.33. The molecule has 0 bridgehead atoms. The molecule has 0 saturated heterocycles. The van der Waals surface area contributed by atoms with Crippen LogP contribution in [0.2, 0.25) is 0 Å². The monoisotopic (exact) mass is 368 g/mol.